The maximum absolute atomic E-state index is 13.7. The monoisotopic (exact) mass is 444 g/mol. The highest BCUT2D eigenvalue weighted by molar-refractivity contribution is 14.0. The molecule has 0 radical (unpaired) electrons. The summed E-state index contributed by atoms with van der Waals surface area (Å²) in [5.41, 5.74) is 0.451. The average molecular weight is 444 g/mol. The molecule has 23 heavy (non-hydrogen) atoms. The zero-order valence-electron chi connectivity index (χ0n) is 12.4. The van der Waals surface area contributed by atoms with Crippen LogP contribution in [0.5, 0.6) is 0 Å². The number of benzene rings is 1. The standard InChI is InChI=1S/C14H16F4N4.HI/c1-2-20-13(21-6-5-14(16,17)18)22-9-11-4-3-10(8-19)7-12(11)15;/h3-4,7H,2,5-6,9H2,1H3,(H2,20,21,22);1H. The Morgan fingerprint density at radius 1 is 1.30 bits per heavy atom. The predicted molar refractivity (Wildman–Crippen MR) is 90.0 cm³/mol. The van der Waals surface area contributed by atoms with Gasteiger partial charge in [-0.3, -0.25) is 0 Å². The van der Waals surface area contributed by atoms with Crippen LogP contribution in [-0.4, -0.2) is 25.2 Å². The van der Waals surface area contributed by atoms with Gasteiger partial charge in [0.1, 0.15) is 5.82 Å². The lowest BCUT2D eigenvalue weighted by atomic mass is 10.1. The highest BCUT2D eigenvalue weighted by atomic mass is 127. The first-order valence-corrected chi connectivity index (χ1v) is 6.63. The van der Waals surface area contributed by atoms with Crippen LogP contribution in [-0.2, 0) is 6.54 Å². The number of guanidine groups is 1. The van der Waals surface area contributed by atoms with Gasteiger partial charge >= 0.3 is 6.18 Å². The smallest absolute Gasteiger partial charge is 0.357 e. The van der Waals surface area contributed by atoms with Crippen LogP contribution in [0.4, 0.5) is 17.6 Å². The van der Waals surface area contributed by atoms with Crippen molar-refractivity contribution in [2.75, 3.05) is 13.1 Å². The highest BCUT2D eigenvalue weighted by Crippen LogP contribution is 2.18. The van der Waals surface area contributed by atoms with Gasteiger partial charge in [0.25, 0.3) is 0 Å². The third-order valence-electron chi connectivity index (χ3n) is 2.63. The van der Waals surface area contributed by atoms with E-state index in [4.69, 9.17) is 5.26 Å². The van der Waals surface area contributed by atoms with Gasteiger partial charge in [0.05, 0.1) is 24.6 Å². The Morgan fingerprint density at radius 2 is 2.00 bits per heavy atom. The highest BCUT2D eigenvalue weighted by Gasteiger charge is 2.26. The lowest BCUT2D eigenvalue weighted by Gasteiger charge is -2.12. The van der Waals surface area contributed by atoms with Gasteiger partial charge in [-0.15, -0.1) is 24.0 Å². The molecular weight excluding hydrogens is 427 g/mol. The number of hydrogen-bond acceptors (Lipinski definition) is 2. The average Bonchev–Trinajstić information content (AvgIpc) is 2.44. The zero-order valence-corrected chi connectivity index (χ0v) is 14.7. The molecule has 0 atom stereocenters. The molecule has 0 aromatic heterocycles. The maximum Gasteiger partial charge on any atom is 0.390 e. The molecule has 128 valence electrons. The lowest BCUT2D eigenvalue weighted by molar-refractivity contribution is -0.132. The fourth-order valence-corrected chi connectivity index (χ4v) is 1.57. The quantitative estimate of drug-likeness (QED) is 0.317. The molecule has 0 aliphatic heterocycles. The van der Waals surface area contributed by atoms with Crippen LogP contribution in [0.25, 0.3) is 0 Å². The molecule has 0 amide bonds. The van der Waals surface area contributed by atoms with Crippen molar-refractivity contribution in [2.45, 2.75) is 26.1 Å². The second-order valence-electron chi connectivity index (χ2n) is 4.41. The van der Waals surface area contributed by atoms with E-state index < -0.39 is 18.4 Å². The largest absolute Gasteiger partial charge is 0.390 e. The van der Waals surface area contributed by atoms with Crippen molar-refractivity contribution in [1.29, 1.82) is 5.26 Å². The molecule has 0 saturated heterocycles. The van der Waals surface area contributed by atoms with E-state index >= 15 is 0 Å². The Morgan fingerprint density at radius 3 is 2.52 bits per heavy atom. The second-order valence-corrected chi connectivity index (χ2v) is 4.41. The first-order chi connectivity index (χ1) is 10.4. The van der Waals surface area contributed by atoms with Crippen LogP contribution in [0.15, 0.2) is 23.2 Å². The molecule has 1 aromatic carbocycles. The Hall–Kier alpha value is -1.57. The van der Waals surface area contributed by atoms with Crippen LogP contribution in [0, 0.1) is 17.1 Å². The fourth-order valence-electron chi connectivity index (χ4n) is 1.57. The number of halogens is 5. The lowest BCUT2D eigenvalue weighted by Crippen LogP contribution is -2.38. The third-order valence-corrected chi connectivity index (χ3v) is 2.63. The molecular formula is C14H17F4IN4. The van der Waals surface area contributed by atoms with E-state index in [2.05, 4.69) is 15.6 Å². The second kappa shape index (κ2) is 10.3. The van der Waals surface area contributed by atoms with Crippen molar-refractivity contribution in [3.05, 3.63) is 35.1 Å². The topological polar surface area (TPSA) is 60.2 Å². The van der Waals surface area contributed by atoms with E-state index in [0.717, 1.165) is 6.07 Å². The molecule has 1 rings (SSSR count). The molecule has 0 heterocycles. The molecule has 9 heteroatoms. The summed E-state index contributed by atoms with van der Waals surface area (Å²) < 4.78 is 49.9. The summed E-state index contributed by atoms with van der Waals surface area (Å²) in [5.74, 6) is -0.399. The zero-order chi connectivity index (χ0) is 16.6. The molecule has 4 nitrogen and oxygen atoms in total. The van der Waals surface area contributed by atoms with Crippen molar-refractivity contribution in [2.24, 2.45) is 4.99 Å². The maximum atomic E-state index is 13.7. The molecule has 0 spiro atoms. The minimum Gasteiger partial charge on any atom is -0.357 e. The van der Waals surface area contributed by atoms with E-state index in [1.807, 2.05) is 6.07 Å². The Bertz CT molecular complexity index is 567. The molecule has 1 aromatic rings. The molecule has 0 aliphatic carbocycles. The van der Waals surface area contributed by atoms with E-state index in [0.29, 0.717) is 6.54 Å². The number of nitriles is 1. The van der Waals surface area contributed by atoms with E-state index in [1.165, 1.54) is 12.1 Å². The molecule has 0 fully saturated rings. The molecule has 2 N–H and O–H groups in total. The van der Waals surface area contributed by atoms with Crippen LogP contribution in [0.2, 0.25) is 0 Å². The van der Waals surface area contributed by atoms with Crippen LogP contribution < -0.4 is 10.6 Å². The van der Waals surface area contributed by atoms with Crippen molar-refractivity contribution in [1.82, 2.24) is 10.6 Å². The van der Waals surface area contributed by atoms with Crippen molar-refractivity contribution in [3.63, 3.8) is 0 Å². The van der Waals surface area contributed by atoms with Gasteiger partial charge in [-0.25, -0.2) is 9.38 Å². The van der Waals surface area contributed by atoms with Gasteiger partial charge in [0, 0.05) is 18.7 Å². The Labute approximate surface area is 149 Å². The van der Waals surface area contributed by atoms with Crippen LogP contribution in [0.1, 0.15) is 24.5 Å². The Kier molecular flexibility index (Phi) is 9.55. The number of alkyl halides is 3. The summed E-state index contributed by atoms with van der Waals surface area (Å²) in [4.78, 5) is 4.02. The van der Waals surface area contributed by atoms with Gasteiger partial charge in [0.15, 0.2) is 5.96 Å². The first kappa shape index (κ1) is 21.4. The summed E-state index contributed by atoms with van der Waals surface area (Å²) in [6.07, 6.45) is -5.23. The van der Waals surface area contributed by atoms with Crippen molar-refractivity contribution < 1.29 is 17.6 Å². The minimum atomic E-state index is -4.25. The number of hydrogen-bond donors (Lipinski definition) is 2. The predicted octanol–water partition coefficient (Wildman–Crippen LogP) is 3.32. The fraction of sp³-hybridized carbons (Fsp3) is 0.429. The summed E-state index contributed by atoms with van der Waals surface area (Å²) in [6, 6.07) is 5.79. The van der Waals surface area contributed by atoms with Crippen LogP contribution >= 0.6 is 24.0 Å². The van der Waals surface area contributed by atoms with E-state index in [1.54, 1.807) is 6.92 Å². The summed E-state index contributed by atoms with van der Waals surface area (Å²) in [5, 5.41) is 14.0. The number of nitrogens with zero attached hydrogens (tertiary/aromatic N) is 2. The Balaban J connectivity index is 0.00000484. The normalized spacial score (nSPS) is 11.4. The third kappa shape index (κ3) is 8.59. The van der Waals surface area contributed by atoms with Crippen molar-refractivity contribution >= 4 is 29.9 Å². The SMILES string of the molecule is CCNC(=NCc1ccc(C#N)cc1F)NCCC(F)(F)F.I. The number of aliphatic imine (C=N–C) groups is 1. The van der Waals surface area contributed by atoms with Gasteiger partial charge < -0.3 is 10.6 Å². The summed E-state index contributed by atoms with van der Waals surface area (Å²) in [7, 11) is 0. The summed E-state index contributed by atoms with van der Waals surface area (Å²) >= 11 is 0. The number of rotatable bonds is 5. The van der Waals surface area contributed by atoms with Crippen LogP contribution in [0.3, 0.4) is 0 Å². The first-order valence-electron chi connectivity index (χ1n) is 6.63. The molecule has 0 aliphatic rings. The number of nitrogens with one attached hydrogen (secondary N) is 2. The van der Waals surface area contributed by atoms with E-state index in [9.17, 15) is 17.6 Å². The van der Waals surface area contributed by atoms with E-state index in [-0.39, 0.29) is 54.2 Å². The minimum absolute atomic E-state index is 0. The summed E-state index contributed by atoms with van der Waals surface area (Å²) in [6.45, 7) is 1.88. The molecule has 0 saturated carbocycles. The van der Waals surface area contributed by atoms with Crippen molar-refractivity contribution in [3.8, 4) is 6.07 Å². The van der Waals surface area contributed by atoms with Gasteiger partial charge in [0.2, 0.25) is 0 Å². The van der Waals surface area contributed by atoms with Gasteiger partial charge in [-0.2, -0.15) is 18.4 Å². The van der Waals surface area contributed by atoms with Gasteiger partial charge in [-0.05, 0) is 19.1 Å². The molecule has 0 bridgehead atoms. The molecule has 0 unspecified atom stereocenters. The van der Waals surface area contributed by atoms with Gasteiger partial charge in [-0.1, -0.05) is 6.07 Å².